The SMILES string of the molecule is CC/C=C\C(C)Cc1cc(C)cc(C)c1OCCC. The van der Waals surface area contributed by atoms with Gasteiger partial charge in [0.25, 0.3) is 0 Å². The van der Waals surface area contributed by atoms with Gasteiger partial charge in [-0.15, -0.1) is 0 Å². The molecule has 19 heavy (non-hydrogen) atoms. The Labute approximate surface area is 118 Å². The maximum Gasteiger partial charge on any atom is 0.125 e. The van der Waals surface area contributed by atoms with Crippen molar-refractivity contribution in [3.05, 3.63) is 41.0 Å². The van der Waals surface area contributed by atoms with Gasteiger partial charge in [0.15, 0.2) is 0 Å². The van der Waals surface area contributed by atoms with Gasteiger partial charge in [0.1, 0.15) is 5.75 Å². The lowest BCUT2D eigenvalue weighted by atomic mass is 9.96. The lowest BCUT2D eigenvalue weighted by Gasteiger charge is -2.16. The predicted octanol–water partition coefficient (Wildman–Crippen LogP) is 5.24. The van der Waals surface area contributed by atoms with Crippen LogP contribution >= 0.6 is 0 Å². The first-order valence-electron chi connectivity index (χ1n) is 7.48. The van der Waals surface area contributed by atoms with Crippen LogP contribution in [0.3, 0.4) is 0 Å². The largest absolute Gasteiger partial charge is 0.493 e. The average Bonchev–Trinajstić information content (AvgIpc) is 2.35. The van der Waals surface area contributed by atoms with Gasteiger partial charge in [-0.3, -0.25) is 0 Å². The Morgan fingerprint density at radius 1 is 1.21 bits per heavy atom. The highest BCUT2D eigenvalue weighted by Gasteiger charge is 2.10. The van der Waals surface area contributed by atoms with Crippen LogP contribution in [-0.4, -0.2) is 6.61 Å². The molecule has 0 bridgehead atoms. The number of hydrogen-bond acceptors (Lipinski definition) is 1. The fourth-order valence-corrected chi connectivity index (χ4v) is 2.39. The molecule has 0 spiro atoms. The summed E-state index contributed by atoms with van der Waals surface area (Å²) in [4.78, 5) is 0. The molecule has 1 heteroatoms. The van der Waals surface area contributed by atoms with Gasteiger partial charge in [0.05, 0.1) is 6.61 Å². The molecule has 1 atom stereocenters. The van der Waals surface area contributed by atoms with Crippen molar-refractivity contribution < 1.29 is 4.74 Å². The topological polar surface area (TPSA) is 9.23 Å². The van der Waals surface area contributed by atoms with Crippen LogP contribution in [-0.2, 0) is 6.42 Å². The summed E-state index contributed by atoms with van der Waals surface area (Å²) in [5.41, 5.74) is 3.93. The molecule has 106 valence electrons. The second-order valence-corrected chi connectivity index (χ2v) is 5.44. The summed E-state index contributed by atoms with van der Waals surface area (Å²) in [6.45, 7) is 11.7. The molecule has 0 saturated carbocycles. The molecule has 0 saturated heterocycles. The van der Waals surface area contributed by atoms with E-state index in [4.69, 9.17) is 4.74 Å². The van der Waals surface area contributed by atoms with E-state index < -0.39 is 0 Å². The molecule has 0 aliphatic heterocycles. The monoisotopic (exact) mass is 260 g/mol. The molecule has 1 rings (SSSR count). The van der Waals surface area contributed by atoms with E-state index in [1.54, 1.807) is 0 Å². The van der Waals surface area contributed by atoms with Gasteiger partial charge in [-0.2, -0.15) is 0 Å². The van der Waals surface area contributed by atoms with Crippen molar-refractivity contribution in [1.29, 1.82) is 0 Å². The highest BCUT2D eigenvalue weighted by Crippen LogP contribution is 2.28. The average molecular weight is 260 g/mol. The molecule has 0 aliphatic rings. The van der Waals surface area contributed by atoms with Crippen LogP contribution in [0.5, 0.6) is 5.75 Å². The molecule has 1 aromatic carbocycles. The van der Waals surface area contributed by atoms with Crippen molar-refractivity contribution in [2.75, 3.05) is 6.61 Å². The quantitative estimate of drug-likeness (QED) is 0.609. The zero-order valence-electron chi connectivity index (χ0n) is 13.1. The first-order chi connectivity index (χ1) is 9.08. The van der Waals surface area contributed by atoms with Crippen LogP contribution in [0.2, 0.25) is 0 Å². The molecule has 1 unspecified atom stereocenters. The van der Waals surface area contributed by atoms with E-state index in [-0.39, 0.29) is 0 Å². The number of ether oxygens (including phenoxy) is 1. The zero-order valence-corrected chi connectivity index (χ0v) is 13.1. The maximum absolute atomic E-state index is 5.95. The van der Waals surface area contributed by atoms with Crippen LogP contribution in [0.25, 0.3) is 0 Å². The fourth-order valence-electron chi connectivity index (χ4n) is 2.39. The van der Waals surface area contributed by atoms with Gasteiger partial charge in [-0.05, 0) is 50.2 Å². The van der Waals surface area contributed by atoms with Crippen molar-refractivity contribution in [2.24, 2.45) is 5.92 Å². The molecule has 1 nitrogen and oxygen atoms in total. The number of benzene rings is 1. The summed E-state index contributed by atoms with van der Waals surface area (Å²) in [6, 6.07) is 4.48. The minimum absolute atomic E-state index is 0.560. The first kappa shape index (κ1) is 15.8. The summed E-state index contributed by atoms with van der Waals surface area (Å²) in [5, 5.41) is 0. The van der Waals surface area contributed by atoms with E-state index in [0.29, 0.717) is 5.92 Å². The highest BCUT2D eigenvalue weighted by molar-refractivity contribution is 5.44. The van der Waals surface area contributed by atoms with Crippen LogP contribution < -0.4 is 4.74 Å². The van der Waals surface area contributed by atoms with E-state index >= 15 is 0 Å². The third-order valence-corrected chi connectivity index (χ3v) is 3.19. The Morgan fingerprint density at radius 2 is 1.95 bits per heavy atom. The second-order valence-electron chi connectivity index (χ2n) is 5.44. The predicted molar refractivity (Wildman–Crippen MR) is 84.0 cm³/mol. The summed E-state index contributed by atoms with van der Waals surface area (Å²) >= 11 is 0. The van der Waals surface area contributed by atoms with Gasteiger partial charge in [-0.1, -0.05) is 50.6 Å². The molecule has 1 aromatic rings. The van der Waals surface area contributed by atoms with Crippen LogP contribution in [0.15, 0.2) is 24.3 Å². The third kappa shape index (κ3) is 5.10. The number of rotatable bonds is 7. The zero-order chi connectivity index (χ0) is 14.3. The fraction of sp³-hybridized carbons (Fsp3) is 0.556. The smallest absolute Gasteiger partial charge is 0.125 e. The molecule has 0 fully saturated rings. The third-order valence-electron chi connectivity index (χ3n) is 3.19. The summed E-state index contributed by atoms with van der Waals surface area (Å²) < 4.78 is 5.95. The molecule has 0 aromatic heterocycles. The Bertz CT molecular complexity index is 418. The molecule has 0 radical (unpaired) electrons. The van der Waals surface area contributed by atoms with E-state index in [0.717, 1.165) is 31.6 Å². The first-order valence-corrected chi connectivity index (χ1v) is 7.48. The Hall–Kier alpha value is -1.24. The van der Waals surface area contributed by atoms with Gasteiger partial charge in [0, 0.05) is 0 Å². The summed E-state index contributed by atoms with van der Waals surface area (Å²) in [5.74, 6) is 1.66. The van der Waals surface area contributed by atoms with Crippen molar-refractivity contribution >= 4 is 0 Å². The number of aryl methyl sites for hydroxylation is 2. The second kappa shape index (κ2) is 8.04. The maximum atomic E-state index is 5.95. The minimum Gasteiger partial charge on any atom is -0.493 e. The Kier molecular flexibility index (Phi) is 6.69. The number of allylic oxidation sites excluding steroid dienone is 2. The molecule has 0 amide bonds. The standard InChI is InChI=1S/C18H28O/c1-6-8-9-14(3)12-17-13-15(4)11-16(5)18(17)19-10-7-2/h8-9,11,13-14H,6-7,10,12H2,1-5H3/b9-8-. The van der Waals surface area contributed by atoms with Gasteiger partial charge < -0.3 is 4.74 Å². The summed E-state index contributed by atoms with van der Waals surface area (Å²) in [7, 11) is 0. The molecule has 0 N–H and O–H groups in total. The molecule has 0 aliphatic carbocycles. The lowest BCUT2D eigenvalue weighted by Crippen LogP contribution is -2.05. The Balaban J connectivity index is 2.93. The Morgan fingerprint density at radius 3 is 2.58 bits per heavy atom. The lowest BCUT2D eigenvalue weighted by molar-refractivity contribution is 0.311. The van der Waals surface area contributed by atoms with Gasteiger partial charge in [0.2, 0.25) is 0 Å². The van der Waals surface area contributed by atoms with Crippen molar-refractivity contribution in [2.45, 2.75) is 53.9 Å². The minimum atomic E-state index is 0.560. The van der Waals surface area contributed by atoms with Crippen LogP contribution in [0.1, 0.15) is 50.3 Å². The summed E-state index contributed by atoms with van der Waals surface area (Å²) in [6.07, 6.45) is 7.77. The normalized spacial score (nSPS) is 12.9. The van der Waals surface area contributed by atoms with Crippen molar-refractivity contribution in [1.82, 2.24) is 0 Å². The van der Waals surface area contributed by atoms with E-state index in [1.807, 2.05) is 0 Å². The molecule has 0 heterocycles. The molecular formula is C18H28O. The number of hydrogen-bond donors (Lipinski definition) is 0. The van der Waals surface area contributed by atoms with Crippen molar-refractivity contribution in [3.63, 3.8) is 0 Å². The van der Waals surface area contributed by atoms with E-state index in [9.17, 15) is 0 Å². The van der Waals surface area contributed by atoms with E-state index in [1.165, 1.54) is 16.7 Å². The van der Waals surface area contributed by atoms with Crippen LogP contribution in [0.4, 0.5) is 0 Å². The van der Waals surface area contributed by atoms with E-state index in [2.05, 4.69) is 58.9 Å². The van der Waals surface area contributed by atoms with Crippen molar-refractivity contribution in [3.8, 4) is 5.75 Å². The van der Waals surface area contributed by atoms with Gasteiger partial charge in [-0.25, -0.2) is 0 Å². The highest BCUT2D eigenvalue weighted by atomic mass is 16.5. The van der Waals surface area contributed by atoms with Gasteiger partial charge >= 0.3 is 0 Å². The molecular weight excluding hydrogens is 232 g/mol. The van der Waals surface area contributed by atoms with Crippen LogP contribution in [0, 0.1) is 19.8 Å².